The van der Waals surface area contributed by atoms with Gasteiger partial charge in [-0.3, -0.25) is 14.4 Å². The van der Waals surface area contributed by atoms with E-state index < -0.39 is 6.10 Å². The molecule has 0 unspecified atom stereocenters. The van der Waals surface area contributed by atoms with Crippen molar-refractivity contribution >= 4 is 17.9 Å². The number of allylic oxidation sites excluding steroid dienone is 8. The molecule has 0 saturated heterocycles. The fraction of sp³-hybridized carbons (Fsp3) is 0.825. The zero-order chi connectivity index (χ0) is 50.0. The van der Waals surface area contributed by atoms with Crippen molar-refractivity contribution in [2.45, 2.75) is 322 Å². The highest BCUT2D eigenvalue weighted by atomic mass is 16.6. The van der Waals surface area contributed by atoms with Crippen molar-refractivity contribution < 1.29 is 28.6 Å². The van der Waals surface area contributed by atoms with Gasteiger partial charge >= 0.3 is 17.9 Å². The van der Waals surface area contributed by atoms with Gasteiger partial charge in [-0.25, -0.2) is 0 Å². The third kappa shape index (κ3) is 56.2. The maximum atomic E-state index is 12.9. The summed E-state index contributed by atoms with van der Waals surface area (Å²) in [5, 5.41) is 0. The van der Waals surface area contributed by atoms with Gasteiger partial charge < -0.3 is 14.2 Å². The molecule has 0 aromatic rings. The second-order valence-electron chi connectivity index (χ2n) is 20.3. The van der Waals surface area contributed by atoms with Crippen molar-refractivity contribution in [1.29, 1.82) is 0 Å². The van der Waals surface area contributed by atoms with Gasteiger partial charge in [0, 0.05) is 19.3 Å². The van der Waals surface area contributed by atoms with Crippen LogP contribution in [0.15, 0.2) is 48.6 Å². The van der Waals surface area contributed by atoms with Gasteiger partial charge in [-0.2, -0.15) is 0 Å². The van der Waals surface area contributed by atoms with Gasteiger partial charge in [0.1, 0.15) is 13.2 Å². The molecule has 6 heteroatoms. The van der Waals surface area contributed by atoms with Gasteiger partial charge in [0.05, 0.1) is 0 Å². The van der Waals surface area contributed by atoms with E-state index in [-0.39, 0.29) is 31.1 Å². The first-order chi connectivity index (χ1) is 34.0. The average Bonchev–Trinajstić information content (AvgIpc) is 3.35. The Morgan fingerprint density at radius 3 is 0.870 bits per heavy atom. The summed E-state index contributed by atoms with van der Waals surface area (Å²) < 4.78 is 16.9. The Morgan fingerprint density at radius 1 is 0.290 bits per heavy atom. The molecule has 0 aliphatic carbocycles. The lowest BCUT2D eigenvalue weighted by atomic mass is 10.0. The smallest absolute Gasteiger partial charge is 0.306 e. The molecule has 0 heterocycles. The summed E-state index contributed by atoms with van der Waals surface area (Å²) in [5.74, 6) is -0.889. The van der Waals surface area contributed by atoms with E-state index >= 15 is 0 Å². The lowest BCUT2D eigenvalue weighted by molar-refractivity contribution is -0.167. The van der Waals surface area contributed by atoms with Crippen molar-refractivity contribution in [3.05, 3.63) is 48.6 Å². The quantitative estimate of drug-likeness (QED) is 0.0262. The van der Waals surface area contributed by atoms with Crippen LogP contribution in [0.4, 0.5) is 0 Å². The zero-order valence-electron chi connectivity index (χ0n) is 46.1. The molecule has 0 fully saturated rings. The molecule has 0 aliphatic rings. The minimum Gasteiger partial charge on any atom is -0.462 e. The fourth-order valence-electron chi connectivity index (χ4n) is 8.74. The Hall–Kier alpha value is -2.63. The summed E-state index contributed by atoms with van der Waals surface area (Å²) in [6, 6.07) is 0. The lowest BCUT2D eigenvalue weighted by Crippen LogP contribution is -2.30. The predicted octanol–water partition coefficient (Wildman–Crippen LogP) is 20.2. The molecule has 0 rings (SSSR count). The third-order valence-corrected chi connectivity index (χ3v) is 13.3. The molecule has 0 bridgehead atoms. The van der Waals surface area contributed by atoms with Crippen molar-refractivity contribution in [3.8, 4) is 0 Å². The van der Waals surface area contributed by atoms with E-state index in [0.717, 1.165) is 83.5 Å². The van der Waals surface area contributed by atoms with E-state index in [1.807, 2.05) is 0 Å². The van der Waals surface area contributed by atoms with Crippen LogP contribution >= 0.6 is 0 Å². The van der Waals surface area contributed by atoms with Crippen LogP contribution in [0.3, 0.4) is 0 Å². The minimum absolute atomic E-state index is 0.0789. The summed E-state index contributed by atoms with van der Waals surface area (Å²) in [5.41, 5.74) is 0. The fourth-order valence-corrected chi connectivity index (χ4v) is 8.74. The molecule has 1 atom stereocenters. The second-order valence-corrected chi connectivity index (χ2v) is 20.3. The summed E-state index contributed by atoms with van der Waals surface area (Å²) in [6.07, 6.45) is 71.0. The van der Waals surface area contributed by atoms with E-state index in [1.165, 1.54) is 193 Å². The lowest BCUT2D eigenvalue weighted by Gasteiger charge is -2.18. The van der Waals surface area contributed by atoms with Crippen LogP contribution in [-0.4, -0.2) is 37.2 Å². The number of unbranched alkanes of at least 4 members (excludes halogenated alkanes) is 36. The Bertz CT molecular complexity index is 1200. The zero-order valence-corrected chi connectivity index (χ0v) is 46.1. The van der Waals surface area contributed by atoms with Crippen LogP contribution < -0.4 is 0 Å². The van der Waals surface area contributed by atoms with Gasteiger partial charge in [-0.15, -0.1) is 0 Å². The number of carbonyl (C=O) groups excluding carboxylic acids is 3. The number of hydrogen-bond donors (Lipinski definition) is 0. The molecular weight excluding hydrogens is 853 g/mol. The monoisotopic (exact) mass is 967 g/mol. The first kappa shape index (κ1) is 66.4. The number of esters is 3. The van der Waals surface area contributed by atoms with Gasteiger partial charge in [0.2, 0.25) is 0 Å². The molecule has 69 heavy (non-hydrogen) atoms. The van der Waals surface area contributed by atoms with Gasteiger partial charge in [0.15, 0.2) is 6.10 Å². The molecule has 6 nitrogen and oxygen atoms in total. The SMILES string of the molecule is CCCCC/C=C\C/C=C\C/C=C\CCCCCCC(=O)OC[C@H](COC(=O)CCCCCCCCCCCCCCCCCCCCC)OC(=O)CCCCCCCCC/C=C\CCCCCC. The maximum absolute atomic E-state index is 12.9. The first-order valence-corrected chi connectivity index (χ1v) is 30.1. The number of hydrogen-bond acceptors (Lipinski definition) is 6. The van der Waals surface area contributed by atoms with E-state index in [2.05, 4.69) is 69.4 Å². The van der Waals surface area contributed by atoms with Crippen LogP contribution in [0.5, 0.6) is 0 Å². The highest BCUT2D eigenvalue weighted by Gasteiger charge is 2.19. The van der Waals surface area contributed by atoms with E-state index in [1.54, 1.807) is 0 Å². The Balaban J connectivity index is 4.37. The molecule has 0 aromatic carbocycles. The maximum Gasteiger partial charge on any atom is 0.306 e. The summed E-state index contributed by atoms with van der Waals surface area (Å²) in [4.78, 5) is 38.2. The molecule has 0 amide bonds. The van der Waals surface area contributed by atoms with Crippen LogP contribution in [0.1, 0.15) is 316 Å². The molecule has 0 spiro atoms. The van der Waals surface area contributed by atoms with E-state index in [9.17, 15) is 14.4 Å². The molecule has 0 aromatic heterocycles. The molecule has 0 aliphatic heterocycles. The van der Waals surface area contributed by atoms with Crippen LogP contribution in [0, 0.1) is 0 Å². The van der Waals surface area contributed by atoms with Crippen molar-refractivity contribution in [3.63, 3.8) is 0 Å². The van der Waals surface area contributed by atoms with Crippen molar-refractivity contribution in [2.24, 2.45) is 0 Å². The van der Waals surface area contributed by atoms with E-state index in [4.69, 9.17) is 14.2 Å². The highest BCUT2D eigenvalue weighted by molar-refractivity contribution is 5.71. The Labute approximate surface area is 428 Å². The summed E-state index contributed by atoms with van der Waals surface area (Å²) in [7, 11) is 0. The standard InChI is InChI=1S/C63H114O6/c1-4-7-10-13-16-19-22-25-28-30-31-33-36-38-41-44-47-50-53-56-62(65)68-59-60(69-63(66)57-54-51-48-45-42-39-34-27-24-21-18-15-12-9-6-3)58-67-61(64)55-52-49-46-43-40-37-35-32-29-26-23-20-17-14-11-8-5-2/h17,20-21,24,26,29,35,37,60H,4-16,18-19,22-23,25,27-28,30-34,36,38-59H2,1-3H3/b20-17-,24-21-,29-26-,37-35-/t60-/m1/s1. The Kier molecular flexibility index (Phi) is 55.7. The molecule has 0 saturated carbocycles. The summed E-state index contributed by atoms with van der Waals surface area (Å²) >= 11 is 0. The third-order valence-electron chi connectivity index (χ3n) is 13.3. The number of carbonyl (C=O) groups is 3. The van der Waals surface area contributed by atoms with Gasteiger partial charge in [-0.1, -0.05) is 262 Å². The van der Waals surface area contributed by atoms with Crippen LogP contribution in [-0.2, 0) is 28.6 Å². The topological polar surface area (TPSA) is 78.9 Å². The first-order valence-electron chi connectivity index (χ1n) is 30.1. The van der Waals surface area contributed by atoms with Crippen LogP contribution in [0.2, 0.25) is 0 Å². The second kappa shape index (κ2) is 57.9. The van der Waals surface area contributed by atoms with Crippen LogP contribution in [0.25, 0.3) is 0 Å². The van der Waals surface area contributed by atoms with Gasteiger partial charge in [-0.05, 0) is 83.5 Å². The highest BCUT2D eigenvalue weighted by Crippen LogP contribution is 2.17. The normalized spacial score (nSPS) is 12.3. The Morgan fingerprint density at radius 2 is 0.522 bits per heavy atom. The van der Waals surface area contributed by atoms with Crippen molar-refractivity contribution in [1.82, 2.24) is 0 Å². The summed E-state index contributed by atoms with van der Waals surface area (Å²) in [6.45, 7) is 6.62. The minimum atomic E-state index is -0.783. The van der Waals surface area contributed by atoms with E-state index in [0.29, 0.717) is 19.3 Å². The largest absolute Gasteiger partial charge is 0.462 e. The van der Waals surface area contributed by atoms with Gasteiger partial charge in [0.25, 0.3) is 0 Å². The van der Waals surface area contributed by atoms with Crippen molar-refractivity contribution in [2.75, 3.05) is 13.2 Å². The molecule has 402 valence electrons. The number of rotatable bonds is 55. The average molecular weight is 968 g/mol. The molecule has 0 radical (unpaired) electrons. The molecular formula is C63H114O6. The number of ether oxygens (including phenoxy) is 3. The molecule has 0 N–H and O–H groups in total. The predicted molar refractivity (Wildman–Crippen MR) is 298 cm³/mol.